The normalized spacial score (nSPS) is 15.9. The van der Waals surface area contributed by atoms with Gasteiger partial charge in [0.2, 0.25) is 0 Å². The molecule has 1 aromatic carbocycles. The number of aromatic nitrogens is 2. The van der Waals surface area contributed by atoms with Gasteiger partial charge in [-0.25, -0.2) is 0 Å². The van der Waals surface area contributed by atoms with E-state index in [9.17, 15) is 14.4 Å². The van der Waals surface area contributed by atoms with Crippen molar-refractivity contribution in [3.05, 3.63) is 66.9 Å². The molecule has 1 amide bonds. The van der Waals surface area contributed by atoms with E-state index in [1.54, 1.807) is 36.5 Å². The van der Waals surface area contributed by atoms with Crippen molar-refractivity contribution in [2.75, 3.05) is 32.8 Å². The second kappa shape index (κ2) is 8.95. The van der Waals surface area contributed by atoms with E-state index in [0.717, 1.165) is 13.1 Å². The molecule has 0 aliphatic carbocycles. The number of hydrogen-bond donors (Lipinski definition) is 2. The Bertz CT molecular complexity index is 1150. The summed E-state index contributed by atoms with van der Waals surface area (Å²) in [4.78, 5) is 42.9. The fourth-order valence-corrected chi connectivity index (χ4v) is 4.67. The van der Waals surface area contributed by atoms with Crippen LogP contribution in [0.1, 0.15) is 28.2 Å². The Morgan fingerprint density at radius 2 is 2.07 bits per heavy atom. The third-order valence-electron chi connectivity index (χ3n) is 5.37. The molecular weight excluding hydrogens is 404 g/mol. The number of thiophene rings is 1. The Balaban J connectivity index is 1.55. The average Bonchev–Trinajstić information content (AvgIpc) is 3.30. The van der Waals surface area contributed by atoms with E-state index in [0.29, 0.717) is 42.9 Å². The Kier molecular flexibility index (Phi) is 6.12. The first kappa shape index (κ1) is 20.5. The number of aryl methyl sites for hydroxylation is 1. The monoisotopic (exact) mass is 428 g/mol. The summed E-state index contributed by atoms with van der Waals surface area (Å²) in [5, 5.41) is 5.07. The minimum Gasteiger partial charge on any atom is -0.379 e. The molecule has 0 unspecified atom stereocenters. The molecule has 9 heteroatoms. The maximum absolute atomic E-state index is 12.8. The predicted octanol–water partition coefficient (Wildman–Crippen LogP) is 1.57. The summed E-state index contributed by atoms with van der Waals surface area (Å²) < 4.78 is 6.86. The topological polar surface area (TPSA) is 96.4 Å². The first-order valence-electron chi connectivity index (χ1n) is 9.98. The van der Waals surface area contributed by atoms with Crippen LogP contribution in [0.2, 0.25) is 0 Å². The summed E-state index contributed by atoms with van der Waals surface area (Å²) in [6, 6.07) is 9.18. The number of amides is 1. The number of rotatable bonds is 6. The van der Waals surface area contributed by atoms with Gasteiger partial charge in [0.25, 0.3) is 5.91 Å². The molecule has 3 heterocycles. The molecule has 30 heavy (non-hydrogen) atoms. The lowest BCUT2D eigenvalue weighted by atomic mass is 10.1. The van der Waals surface area contributed by atoms with E-state index >= 15 is 0 Å². The summed E-state index contributed by atoms with van der Waals surface area (Å²) in [5.41, 5.74) is 0.227. The fraction of sp³-hybridized carbons (Fsp3) is 0.381. The second-order valence-corrected chi connectivity index (χ2v) is 8.10. The fourth-order valence-electron chi connectivity index (χ4n) is 3.81. The van der Waals surface area contributed by atoms with Crippen LogP contribution in [-0.2, 0) is 11.3 Å². The molecule has 0 bridgehead atoms. The van der Waals surface area contributed by atoms with Crippen LogP contribution in [0, 0.1) is 0 Å². The van der Waals surface area contributed by atoms with E-state index in [1.165, 1.54) is 9.44 Å². The zero-order valence-corrected chi connectivity index (χ0v) is 17.5. The van der Waals surface area contributed by atoms with Gasteiger partial charge in [0, 0.05) is 36.6 Å². The molecule has 1 aliphatic heterocycles. The molecule has 2 N–H and O–H groups in total. The van der Waals surface area contributed by atoms with Crippen molar-refractivity contribution in [2.45, 2.75) is 19.5 Å². The van der Waals surface area contributed by atoms with Crippen LogP contribution in [0.15, 0.2) is 45.3 Å². The zero-order valence-electron chi connectivity index (χ0n) is 16.7. The van der Waals surface area contributed by atoms with Gasteiger partial charge in [-0.05, 0) is 36.6 Å². The molecule has 8 nitrogen and oxygen atoms in total. The SMILES string of the molecule is CCn1c(=O)c(=O)[nH]c2cc(C(=O)NC[C@@H](c3cccs3)N3CCOCC3)ccc21. The molecule has 1 fully saturated rings. The number of carbonyl (C=O) groups excluding carboxylic acids is 1. The average molecular weight is 429 g/mol. The number of hydrogen-bond acceptors (Lipinski definition) is 6. The van der Waals surface area contributed by atoms with Gasteiger partial charge in [0.15, 0.2) is 0 Å². The first-order valence-corrected chi connectivity index (χ1v) is 10.9. The van der Waals surface area contributed by atoms with Crippen molar-refractivity contribution in [2.24, 2.45) is 0 Å². The predicted molar refractivity (Wildman–Crippen MR) is 116 cm³/mol. The third-order valence-corrected chi connectivity index (χ3v) is 6.34. The van der Waals surface area contributed by atoms with Gasteiger partial charge in [-0.2, -0.15) is 0 Å². The molecule has 4 rings (SSSR count). The van der Waals surface area contributed by atoms with Gasteiger partial charge < -0.3 is 19.6 Å². The smallest absolute Gasteiger partial charge is 0.316 e. The molecule has 1 saturated heterocycles. The van der Waals surface area contributed by atoms with Gasteiger partial charge >= 0.3 is 11.1 Å². The Hall–Kier alpha value is -2.75. The van der Waals surface area contributed by atoms with Crippen LogP contribution in [0.4, 0.5) is 0 Å². The molecule has 0 spiro atoms. The lowest BCUT2D eigenvalue weighted by Crippen LogP contribution is -2.43. The maximum atomic E-state index is 12.8. The Morgan fingerprint density at radius 1 is 1.27 bits per heavy atom. The molecular formula is C21H24N4O4S. The number of H-pyrrole nitrogens is 1. The van der Waals surface area contributed by atoms with Crippen molar-refractivity contribution >= 4 is 28.3 Å². The van der Waals surface area contributed by atoms with Gasteiger partial charge in [-0.15, -0.1) is 11.3 Å². The Labute approximate surface area is 177 Å². The van der Waals surface area contributed by atoms with Crippen LogP contribution in [0.25, 0.3) is 11.0 Å². The minimum atomic E-state index is -0.688. The molecule has 1 aliphatic rings. The molecule has 3 aromatic rings. The van der Waals surface area contributed by atoms with Crippen molar-refractivity contribution in [1.82, 2.24) is 19.8 Å². The van der Waals surface area contributed by atoms with E-state index in [2.05, 4.69) is 21.3 Å². The van der Waals surface area contributed by atoms with Crippen LogP contribution >= 0.6 is 11.3 Å². The van der Waals surface area contributed by atoms with E-state index in [1.807, 2.05) is 11.4 Å². The van der Waals surface area contributed by atoms with Crippen molar-refractivity contribution in [1.29, 1.82) is 0 Å². The third kappa shape index (κ3) is 4.09. The maximum Gasteiger partial charge on any atom is 0.316 e. The molecule has 0 radical (unpaired) electrons. The Morgan fingerprint density at radius 3 is 2.77 bits per heavy atom. The summed E-state index contributed by atoms with van der Waals surface area (Å²) in [5.74, 6) is -0.221. The molecule has 2 aromatic heterocycles. The van der Waals surface area contributed by atoms with Crippen molar-refractivity contribution in [3.63, 3.8) is 0 Å². The highest BCUT2D eigenvalue weighted by atomic mass is 32.1. The number of ether oxygens (including phenoxy) is 1. The summed E-state index contributed by atoms with van der Waals surface area (Å²) in [6.07, 6.45) is 0. The lowest BCUT2D eigenvalue weighted by molar-refractivity contribution is 0.0169. The van der Waals surface area contributed by atoms with Crippen molar-refractivity contribution < 1.29 is 9.53 Å². The largest absolute Gasteiger partial charge is 0.379 e. The molecule has 0 saturated carbocycles. The summed E-state index contributed by atoms with van der Waals surface area (Å²) in [6.45, 7) is 5.68. The highest BCUT2D eigenvalue weighted by Crippen LogP contribution is 2.25. The molecule has 1 atom stereocenters. The number of morpholine rings is 1. The van der Waals surface area contributed by atoms with Crippen molar-refractivity contribution in [3.8, 4) is 0 Å². The van der Waals surface area contributed by atoms with Gasteiger partial charge in [0.1, 0.15) is 0 Å². The van der Waals surface area contributed by atoms with Gasteiger partial charge in [0.05, 0.1) is 30.3 Å². The van der Waals surface area contributed by atoms with E-state index < -0.39 is 11.1 Å². The van der Waals surface area contributed by atoms with Crippen LogP contribution < -0.4 is 16.4 Å². The number of aromatic amines is 1. The number of fused-ring (bicyclic) bond motifs is 1. The number of benzene rings is 1. The van der Waals surface area contributed by atoms with Crippen LogP contribution in [0.5, 0.6) is 0 Å². The number of carbonyl (C=O) groups is 1. The molecule has 158 valence electrons. The van der Waals surface area contributed by atoms with Crippen LogP contribution in [-0.4, -0.2) is 53.2 Å². The number of nitrogens with zero attached hydrogens (tertiary/aromatic N) is 2. The zero-order chi connectivity index (χ0) is 21.1. The second-order valence-electron chi connectivity index (χ2n) is 7.13. The quantitative estimate of drug-likeness (QED) is 0.581. The summed E-state index contributed by atoms with van der Waals surface area (Å²) in [7, 11) is 0. The highest BCUT2D eigenvalue weighted by Gasteiger charge is 2.24. The van der Waals surface area contributed by atoms with Gasteiger partial charge in [-0.3, -0.25) is 19.3 Å². The summed E-state index contributed by atoms with van der Waals surface area (Å²) >= 11 is 1.68. The standard InChI is InChI=1S/C21H24N4O4S/c1-2-25-16-6-5-14(12-15(16)23-20(27)21(25)28)19(26)22-13-17(18-4-3-11-30-18)24-7-9-29-10-8-24/h3-6,11-12,17H,2,7-10,13H2,1H3,(H,22,26)(H,23,27)/t17-/m0/s1. The van der Waals surface area contributed by atoms with Crippen LogP contribution in [0.3, 0.4) is 0 Å². The van der Waals surface area contributed by atoms with E-state index in [4.69, 9.17) is 4.74 Å². The first-order chi connectivity index (χ1) is 14.6. The van der Waals surface area contributed by atoms with E-state index in [-0.39, 0.29) is 11.9 Å². The minimum absolute atomic E-state index is 0.0865. The van der Waals surface area contributed by atoms with Gasteiger partial charge in [-0.1, -0.05) is 6.07 Å². The highest BCUT2D eigenvalue weighted by molar-refractivity contribution is 7.10. The lowest BCUT2D eigenvalue weighted by Gasteiger charge is -2.34. The number of nitrogens with one attached hydrogen (secondary N) is 2.